The van der Waals surface area contributed by atoms with Crippen LogP contribution in [0.1, 0.15) is 82.4 Å². The van der Waals surface area contributed by atoms with E-state index in [9.17, 15) is 4.57 Å². The number of hydrogen-bond acceptors (Lipinski definition) is 4. The molecule has 0 spiro atoms. The summed E-state index contributed by atoms with van der Waals surface area (Å²) in [5.41, 5.74) is 2.60. The van der Waals surface area contributed by atoms with Gasteiger partial charge in [-0.3, -0.25) is 0 Å². The smallest absolute Gasteiger partial charge is 0.386 e. The Morgan fingerprint density at radius 2 is 1.12 bits per heavy atom. The average molecular weight is 571 g/mol. The van der Waals surface area contributed by atoms with Gasteiger partial charge >= 0.3 is 7.82 Å². The van der Waals surface area contributed by atoms with Gasteiger partial charge in [0.1, 0.15) is 17.2 Å². The van der Waals surface area contributed by atoms with Crippen LogP contribution in [0.25, 0.3) is 0 Å². The third-order valence-corrected chi connectivity index (χ3v) is 8.73. The summed E-state index contributed by atoms with van der Waals surface area (Å²) in [4.78, 5) is 0. The molecule has 0 N–H and O–H groups in total. The molecule has 0 aliphatic heterocycles. The van der Waals surface area contributed by atoms with Gasteiger partial charge in [0, 0.05) is 11.0 Å². The Kier molecular flexibility index (Phi) is 11.1. The Bertz CT molecular complexity index is 1390. The Morgan fingerprint density at radius 1 is 0.585 bits per heavy atom. The standard InChI is InChI=1S/C36H43O4P/c1-4-5-6-7-8-9-12-21-30-22-17-19-28-34(30)39-41(37,38-32-25-15-11-16-26-32)40-35-29-20-18-27-33(35)36(2,3)31-23-13-10-14-24-31/h10-11,13-20,22-29H,4-9,12,21H2,1-3H3. The lowest BCUT2D eigenvalue weighted by molar-refractivity contribution is 0.295. The highest BCUT2D eigenvalue weighted by Gasteiger charge is 2.37. The number of hydrogen-bond donors (Lipinski definition) is 0. The van der Waals surface area contributed by atoms with Crippen molar-refractivity contribution in [2.45, 2.75) is 77.6 Å². The molecule has 4 rings (SSSR count). The highest BCUT2D eigenvalue weighted by atomic mass is 31.2. The lowest BCUT2D eigenvalue weighted by Crippen LogP contribution is -2.20. The van der Waals surface area contributed by atoms with E-state index in [1.54, 1.807) is 12.1 Å². The summed E-state index contributed by atoms with van der Waals surface area (Å²) in [6.45, 7) is 6.50. The third kappa shape index (κ3) is 8.75. The van der Waals surface area contributed by atoms with E-state index in [2.05, 4.69) is 32.9 Å². The van der Waals surface area contributed by atoms with E-state index in [4.69, 9.17) is 13.6 Å². The van der Waals surface area contributed by atoms with E-state index in [1.165, 1.54) is 32.1 Å². The topological polar surface area (TPSA) is 44.8 Å². The van der Waals surface area contributed by atoms with Crippen LogP contribution in [0.15, 0.2) is 109 Å². The second kappa shape index (κ2) is 14.9. The number of benzene rings is 4. The van der Waals surface area contributed by atoms with Crippen molar-refractivity contribution in [2.24, 2.45) is 0 Å². The molecule has 4 aromatic carbocycles. The first-order valence-electron chi connectivity index (χ1n) is 14.9. The SMILES string of the molecule is CCCCCCCCCc1ccccc1OP(=O)(Oc1ccccc1)Oc1ccccc1C(C)(C)c1ccccc1. The zero-order valence-corrected chi connectivity index (χ0v) is 25.5. The molecule has 1 unspecified atom stereocenters. The van der Waals surface area contributed by atoms with Crippen molar-refractivity contribution in [3.8, 4) is 17.2 Å². The highest BCUT2D eigenvalue weighted by Crippen LogP contribution is 2.52. The van der Waals surface area contributed by atoms with Crippen LogP contribution in [0.2, 0.25) is 0 Å². The van der Waals surface area contributed by atoms with Gasteiger partial charge in [-0.1, -0.05) is 144 Å². The normalized spacial score (nSPS) is 12.9. The summed E-state index contributed by atoms with van der Waals surface area (Å²) >= 11 is 0. The molecule has 0 heterocycles. The lowest BCUT2D eigenvalue weighted by Gasteiger charge is -2.29. The predicted octanol–water partition coefficient (Wildman–Crippen LogP) is 11.0. The first-order chi connectivity index (χ1) is 19.9. The quantitative estimate of drug-likeness (QED) is 0.0993. The maximum absolute atomic E-state index is 14.5. The maximum Gasteiger partial charge on any atom is 0.647 e. The second-order valence-electron chi connectivity index (χ2n) is 11.0. The van der Waals surface area contributed by atoms with Gasteiger partial charge in [0.25, 0.3) is 0 Å². The van der Waals surface area contributed by atoms with Crippen LogP contribution in [-0.4, -0.2) is 0 Å². The molecule has 41 heavy (non-hydrogen) atoms. The molecule has 4 aromatic rings. The van der Waals surface area contributed by atoms with Crippen molar-refractivity contribution in [1.82, 2.24) is 0 Å². The summed E-state index contributed by atoms with van der Waals surface area (Å²) in [5, 5.41) is 0. The van der Waals surface area contributed by atoms with E-state index < -0.39 is 13.2 Å². The summed E-state index contributed by atoms with van der Waals surface area (Å²) in [5.74, 6) is 1.41. The number of phosphoric ester groups is 1. The fraction of sp³-hybridized carbons (Fsp3) is 0.333. The van der Waals surface area contributed by atoms with Gasteiger partial charge in [0.05, 0.1) is 0 Å². The van der Waals surface area contributed by atoms with Crippen LogP contribution in [0, 0.1) is 0 Å². The van der Waals surface area contributed by atoms with Gasteiger partial charge in [0.2, 0.25) is 0 Å². The van der Waals surface area contributed by atoms with Crippen molar-refractivity contribution in [3.63, 3.8) is 0 Å². The van der Waals surface area contributed by atoms with Crippen molar-refractivity contribution < 1.29 is 18.1 Å². The molecule has 4 nitrogen and oxygen atoms in total. The molecule has 0 amide bonds. The molecule has 0 aliphatic carbocycles. The van der Waals surface area contributed by atoms with Crippen LogP contribution in [0.3, 0.4) is 0 Å². The van der Waals surface area contributed by atoms with Gasteiger partial charge in [0.15, 0.2) is 0 Å². The zero-order valence-electron chi connectivity index (χ0n) is 24.6. The van der Waals surface area contributed by atoms with Gasteiger partial charge in [-0.05, 0) is 48.2 Å². The van der Waals surface area contributed by atoms with Crippen molar-refractivity contribution in [3.05, 3.63) is 126 Å². The monoisotopic (exact) mass is 570 g/mol. The first kappa shape index (κ1) is 30.5. The van der Waals surface area contributed by atoms with E-state index in [-0.39, 0.29) is 0 Å². The van der Waals surface area contributed by atoms with Crippen LogP contribution >= 0.6 is 7.82 Å². The minimum absolute atomic E-state index is 0.412. The molecule has 0 radical (unpaired) electrons. The maximum atomic E-state index is 14.5. The molecule has 216 valence electrons. The molecule has 0 saturated carbocycles. The molecule has 0 bridgehead atoms. The lowest BCUT2D eigenvalue weighted by atomic mass is 9.78. The Balaban J connectivity index is 1.59. The third-order valence-electron chi connectivity index (χ3n) is 7.46. The number of phosphoric acid groups is 1. The minimum Gasteiger partial charge on any atom is -0.386 e. The highest BCUT2D eigenvalue weighted by molar-refractivity contribution is 7.49. The van der Waals surface area contributed by atoms with Crippen LogP contribution in [-0.2, 0) is 16.4 Å². The van der Waals surface area contributed by atoms with Gasteiger partial charge < -0.3 is 13.6 Å². The number of rotatable bonds is 16. The molecule has 1 atom stereocenters. The van der Waals surface area contributed by atoms with E-state index in [0.29, 0.717) is 17.2 Å². The fourth-order valence-corrected chi connectivity index (χ4v) is 6.36. The number of unbranched alkanes of at least 4 members (excludes halogenated alkanes) is 6. The molecule has 0 aromatic heterocycles. The van der Waals surface area contributed by atoms with Gasteiger partial charge in [-0.15, -0.1) is 0 Å². The predicted molar refractivity (Wildman–Crippen MR) is 169 cm³/mol. The van der Waals surface area contributed by atoms with Gasteiger partial charge in [-0.25, -0.2) is 0 Å². The van der Waals surface area contributed by atoms with E-state index in [1.807, 2.05) is 84.9 Å². The van der Waals surface area contributed by atoms with Crippen LogP contribution in [0.5, 0.6) is 17.2 Å². The second-order valence-corrected chi connectivity index (χ2v) is 12.4. The molecular weight excluding hydrogens is 527 g/mol. The fourth-order valence-electron chi connectivity index (χ4n) is 5.05. The van der Waals surface area contributed by atoms with Gasteiger partial charge in [-0.2, -0.15) is 4.57 Å². The first-order valence-corrected chi connectivity index (χ1v) is 16.3. The van der Waals surface area contributed by atoms with Crippen LogP contribution in [0.4, 0.5) is 0 Å². The average Bonchev–Trinajstić information content (AvgIpc) is 2.98. The van der Waals surface area contributed by atoms with Crippen molar-refractivity contribution >= 4 is 7.82 Å². The van der Waals surface area contributed by atoms with E-state index >= 15 is 0 Å². The summed E-state index contributed by atoms with van der Waals surface area (Å²) < 4.78 is 33.1. The Hall–Kier alpha value is -3.49. The molecule has 0 aliphatic rings. The molecule has 0 saturated heterocycles. The number of para-hydroxylation sites is 3. The Labute approximate surface area is 246 Å². The largest absolute Gasteiger partial charge is 0.647 e. The summed E-state index contributed by atoms with van der Waals surface area (Å²) in [6, 6.07) is 34.7. The van der Waals surface area contributed by atoms with Crippen molar-refractivity contribution in [2.75, 3.05) is 0 Å². The Morgan fingerprint density at radius 3 is 1.83 bits per heavy atom. The molecular formula is C36H43O4P. The van der Waals surface area contributed by atoms with Crippen molar-refractivity contribution in [1.29, 1.82) is 0 Å². The van der Waals surface area contributed by atoms with Crippen LogP contribution < -0.4 is 13.6 Å². The number of aryl methyl sites for hydroxylation is 1. The molecule has 5 heteroatoms. The minimum atomic E-state index is -4.16. The van der Waals surface area contributed by atoms with E-state index in [0.717, 1.165) is 36.0 Å². The molecule has 0 fully saturated rings. The zero-order chi connectivity index (χ0) is 29.0. The summed E-state index contributed by atoms with van der Waals surface area (Å²) in [7, 11) is -4.16. The summed E-state index contributed by atoms with van der Waals surface area (Å²) in [6.07, 6.45) is 9.42.